The number of anilines is 1. The van der Waals surface area contributed by atoms with Crippen LogP contribution in [0.4, 0.5) is 5.82 Å². The van der Waals surface area contributed by atoms with E-state index in [1.54, 1.807) is 0 Å². The number of aryl methyl sites for hydroxylation is 1. The molecule has 3 nitrogen and oxygen atoms in total. The summed E-state index contributed by atoms with van der Waals surface area (Å²) in [6, 6.07) is 5.20. The van der Waals surface area contributed by atoms with Crippen LogP contribution in [-0.2, 0) is 13.0 Å². The molecule has 1 aliphatic rings. The van der Waals surface area contributed by atoms with Crippen molar-refractivity contribution in [3.8, 4) is 0 Å². The Hall–Kier alpha value is -1.09. The van der Waals surface area contributed by atoms with Crippen LogP contribution >= 0.6 is 0 Å². The van der Waals surface area contributed by atoms with E-state index in [0.717, 1.165) is 26.1 Å². The summed E-state index contributed by atoms with van der Waals surface area (Å²) in [7, 11) is 0. The average Bonchev–Trinajstić information content (AvgIpc) is 2.97. The molecule has 1 aromatic heterocycles. The summed E-state index contributed by atoms with van der Waals surface area (Å²) >= 11 is 0. The SMILES string of the molecule is CCCNCc1cc(CC)nc(N2CCCC2C(C)C)c1. The van der Waals surface area contributed by atoms with Gasteiger partial charge in [-0.3, -0.25) is 0 Å². The van der Waals surface area contributed by atoms with Crippen LogP contribution in [0.1, 0.15) is 58.2 Å². The first-order chi connectivity index (χ1) is 10.2. The van der Waals surface area contributed by atoms with Crippen LogP contribution in [0.25, 0.3) is 0 Å². The molecule has 0 spiro atoms. The molecule has 1 atom stereocenters. The van der Waals surface area contributed by atoms with Crippen LogP contribution in [0.15, 0.2) is 12.1 Å². The fourth-order valence-corrected chi connectivity index (χ4v) is 3.24. The highest BCUT2D eigenvalue weighted by atomic mass is 15.2. The molecule has 0 aromatic carbocycles. The Bertz CT molecular complexity index is 442. The zero-order valence-corrected chi connectivity index (χ0v) is 14.2. The number of nitrogens with one attached hydrogen (secondary N) is 1. The molecule has 3 heteroatoms. The summed E-state index contributed by atoms with van der Waals surface area (Å²) in [5.74, 6) is 1.89. The van der Waals surface area contributed by atoms with Gasteiger partial charge < -0.3 is 10.2 Å². The number of nitrogens with zero attached hydrogens (tertiary/aromatic N) is 2. The monoisotopic (exact) mass is 289 g/mol. The van der Waals surface area contributed by atoms with E-state index in [4.69, 9.17) is 4.98 Å². The lowest BCUT2D eigenvalue weighted by atomic mass is 10.0. The third kappa shape index (κ3) is 4.19. The number of hydrogen-bond acceptors (Lipinski definition) is 3. The third-order valence-corrected chi connectivity index (χ3v) is 4.41. The lowest BCUT2D eigenvalue weighted by Gasteiger charge is -2.29. The Morgan fingerprint density at radius 2 is 2.14 bits per heavy atom. The Morgan fingerprint density at radius 3 is 2.81 bits per heavy atom. The van der Waals surface area contributed by atoms with Crippen molar-refractivity contribution in [3.05, 3.63) is 23.4 Å². The van der Waals surface area contributed by atoms with Crippen molar-refractivity contribution in [2.45, 2.75) is 66.0 Å². The molecule has 1 aromatic rings. The molecule has 118 valence electrons. The van der Waals surface area contributed by atoms with Gasteiger partial charge in [0.1, 0.15) is 5.82 Å². The van der Waals surface area contributed by atoms with Gasteiger partial charge in [0.15, 0.2) is 0 Å². The first kappa shape index (κ1) is 16.3. The van der Waals surface area contributed by atoms with Crippen molar-refractivity contribution in [3.63, 3.8) is 0 Å². The molecule has 1 N–H and O–H groups in total. The standard InChI is InChI=1S/C18H31N3/c1-5-9-19-13-15-11-16(6-2)20-18(12-15)21-10-7-8-17(21)14(3)4/h11-12,14,17,19H,5-10,13H2,1-4H3. The Morgan fingerprint density at radius 1 is 1.33 bits per heavy atom. The molecule has 1 unspecified atom stereocenters. The minimum Gasteiger partial charge on any atom is -0.353 e. The quantitative estimate of drug-likeness (QED) is 0.775. The van der Waals surface area contributed by atoms with Crippen LogP contribution in [0, 0.1) is 5.92 Å². The summed E-state index contributed by atoms with van der Waals surface area (Å²) in [5, 5.41) is 3.51. The van der Waals surface area contributed by atoms with Gasteiger partial charge in [0.05, 0.1) is 0 Å². The second-order valence-corrected chi connectivity index (χ2v) is 6.50. The average molecular weight is 289 g/mol. The molecule has 1 fully saturated rings. The van der Waals surface area contributed by atoms with Gasteiger partial charge in [0, 0.05) is 24.8 Å². The Kier molecular flexibility index (Phi) is 6.04. The van der Waals surface area contributed by atoms with Crippen LogP contribution in [0.3, 0.4) is 0 Å². The fraction of sp³-hybridized carbons (Fsp3) is 0.722. The Labute approximate surface area is 130 Å². The second kappa shape index (κ2) is 7.79. The summed E-state index contributed by atoms with van der Waals surface area (Å²) in [5.41, 5.74) is 2.59. The van der Waals surface area contributed by atoms with E-state index in [1.807, 2.05) is 0 Å². The molecule has 21 heavy (non-hydrogen) atoms. The van der Waals surface area contributed by atoms with Crippen LogP contribution < -0.4 is 10.2 Å². The van der Waals surface area contributed by atoms with Crippen molar-refractivity contribution >= 4 is 5.82 Å². The van der Waals surface area contributed by atoms with Crippen molar-refractivity contribution in [2.75, 3.05) is 18.0 Å². The zero-order chi connectivity index (χ0) is 15.2. The maximum atomic E-state index is 4.89. The lowest BCUT2D eigenvalue weighted by molar-refractivity contribution is 0.489. The van der Waals surface area contributed by atoms with E-state index in [2.05, 4.69) is 50.0 Å². The number of pyridine rings is 1. The molecule has 0 saturated carbocycles. The Balaban J connectivity index is 2.19. The topological polar surface area (TPSA) is 28.2 Å². The first-order valence-electron chi connectivity index (χ1n) is 8.62. The van der Waals surface area contributed by atoms with Gasteiger partial charge in [-0.1, -0.05) is 27.7 Å². The maximum absolute atomic E-state index is 4.89. The van der Waals surface area contributed by atoms with Crippen molar-refractivity contribution in [1.29, 1.82) is 0 Å². The fourth-order valence-electron chi connectivity index (χ4n) is 3.24. The van der Waals surface area contributed by atoms with E-state index < -0.39 is 0 Å². The van der Waals surface area contributed by atoms with Gasteiger partial charge in [-0.2, -0.15) is 0 Å². The summed E-state index contributed by atoms with van der Waals surface area (Å²) in [4.78, 5) is 7.43. The highest BCUT2D eigenvalue weighted by molar-refractivity contribution is 5.45. The van der Waals surface area contributed by atoms with Gasteiger partial charge in [-0.05, 0) is 55.8 Å². The zero-order valence-electron chi connectivity index (χ0n) is 14.2. The molecule has 0 radical (unpaired) electrons. The molecule has 0 aliphatic carbocycles. The number of hydrogen-bond donors (Lipinski definition) is 1. The van der Waals surface area contributed by atoms with E-state index >= 15 is 0 Å². The summed E-state index contributed by atoms with van der Waals surface area (Å²) in [6.07, 6.45) is 4.79. The third-order valence-electron chi connectivity index (χ3n) is 4.41. The van der Waals surface area contributed by atoms with Gasteiger partial charge in [0.2, 0.25) is 0 Å². The summed E-state index contributed by atoms with van der Waals surface area (Å²) < 4.78 is 0. The smallest absolute Gasteiger partial charge is 0.129 e. The minimum atomic E-state index is 0.654. The van der Waals surface area contributed by atoms with Gasteiger partial charge in [-0.15, -0.1) is 0 Å². The molecular weight excluding hydrogens is 258 g/mol. The van der Waals surface area contributed by atoms with Gasteiger partial charge in [0.25, 0.3) is 0 Å². The van der Waals surface area contributed by atoms with Crippen LogP contribution in [0.5, 0.6) is 0 Å². The van der Waals surface area contributed by atoms with Gasteiger partial charge in [-0.25, -0.2) is 4.98 Å². The largest absolute Gasteiger partial charge is 0.353 e. The summed E-state index contributed by atoms with van der Waals surface area (Å²) in [6.45, 7) is 12.3. The maximum Gasteiger partial charge on any atom is 0.129 e. The van der Waals surface area contributed by atoms with Crippen molar-refractivity contribution in [1.82, 2.24) is 10.3 Å². The predicted molar refractivity (Wildman–Crippen MR) is 90.8 cm³/mol. The highest BCUT2D eigenvalue weighted by Crippen LogP contribution is 2.29. The van der Waals surface area contributed by atoms with E-state index in [9.17, 15) is 0 Å². The number of rotatable bonds is 7. The normalized spacial score (nSPS) is 18.7. The van der Waals surface area contributed by atoms with E-state index in [1.165, 1.54) is 36.3 Å². The van der Waals surface area contributed by atoms with Crippen LogP contribution in [-0.4, -0.2) is 24.1 Å². The van der Waals surface area contributed by atoms with Gasteiger partial charge >= 0.3 is 0 Å². The second-order valence-electron chi connectivity index (χ2n) is 6.50. The molecular formula is C18H31N3. The number of aromatic nitrogens is 1. The first-order valence-corrected chi connectivity index (χ1v) is 8.62. The highest BCUT2D eigenvalue weighted by Gasteiger charge is 2.28. The van der Waals surface area contributed by atoms with Crippen molar-refractivity contribution < 1.29 is 0 Å². The predicted octanol–water partition coefficient (Wildman–Crippen LogP) is 3.77. The van der Waals surface area contributed by atoms with Crippen LogP contribution in [0.2, 0.25) is 0 Å². The molecule has 1 saturated heterocycles. The molecule has 0 bridgehead atoms. The molecule has 2 heterocycles. The van der Waals surface area contributed by atoms with E-state index in [0.29, 0.717) is 12.0 Å². The minimum absolute atomic E-state index is 0.654. The lowest BCUT2D eigenvalue weighted by Crippen LogP contribution is -2.34. The molecule has 0 amide bonds. The van der Waals surface area contributed by atoms with Crippen molar-refractivity contribution in [2.24, 2.45) is 5.92 Å². The van der Waals surface area contributed by atoms with E-state index in [-0.39, 0.29) is 0 Å². The molecule has 1 aliphatic heterocycles. The molecule has 2 rings (SSSR count).